The number of nitrogens with zero attached hydrogens (tertiary/aromatic N) is 1. The Balaban J connectivity index is 1.44. The van der Waals surface area contributed by atoms with Gasteiger partial charge in [0.15, 0.2) is 5.78 Å². The summed E-state index contributed by atoms with van der Waals surface area (Å²) in [5, 5.41) is 15.0. The van der Waals surface area contributed by atoms with Crippen molar-refractivity contribution >= 4 is 29.0 Å². The molecule has 8 heteroatoms. The SMILES string of the molecule is O=C(CNC(=O)C(C(=O)c1ccn[nH]1)c1ccc(NCc2ccccc2)cc1)Nc1ccccc1. The number of benzene rings is 3. The van der Waals surface area contributed by atoms with Gasteiger partial charge in [0.1, 0.15) is 11.6 Å². The first kappa shape index (κ1) is 23.4. The van der Waals surface area contributed by atoms with Gasteiger partial charge in [0.05, 0.1) is 6.54 Å². The molecule has 1 atom stereocenters. The van der Waals surface area contributed by atoms with Crippen LogP contribution in [0.2, 0.25) is 0 Å². The largest absolute Gasteiger partial charge is 0.381 e. The van der Waals surface area contributed by atoms with E-state index < -0.39 is 23.5 Å². The van der Waals surface area contributed by atoms with E-state index in [9.17, 15) is 14.4 Å². The Morgan fingerprint density at radius 3 is 2.14 bits per heavy atom. The summed E-state index contributed by atoms with van der Waals surface area (Å²) in [4.78, 5) is 38.5. The Morgan fingerprint density at radius 1 is 0.800 bits per heavy atom. The third kappa shape index (κ3) is 6.42. The van der Waals surface area contributed by atoms with E-state index in [0.29, 0.717) is 17.8 Å². The molecule has 0 aliphatic rings. The van der Waals surface area contributed by atoms with Crippen LogP contribution in [0.3, 0.4) is 0 Å². The van der Waals surface area contributed by atoms with Gasteiger partial charge in [-0.2, -0.15) is 5.10 Å². The molecule has 1 aromatic heterocycles. The van der Waals surface area contributed by atoms with Gasteiger partial charge in [0, 0.05) is 24.1 Å². The molecule has 0 radical (unpaired) electrons. The fourth-order valence-corrected chi connectivity index (χ4v) is 3.56. The fraction of sp³-hybridized carbons (Fsp3) is 0.111. The van der Waals surface area contributed by atoms with Gasteiger partial charge in [0.25, 0.3) is 0 Å². The topological polar surface area (TPSA) is 116 Å². The van der Waals surface area contributed by atoms with Crippen LogP contribution in [0, 0.1) is 0 Å². The van der Waals surface area contributed by atoms with E-state index in [4.69, 9.17) is 0 Å². The Kier molecular flexibility index (Phi) is 7.65. The normalized spacial score (nSPS) is 11.3. The lowest BCUT2D eigenvalue weighted by atomic mass is 9.91. The van der Waals surface area contributed by atoms with Crippen molar-refractivity contribution in [2.24, 2.45) is 0 Å². The minimum Gasteiger partial charge on any atom is -0.381 e. The summed E-state index contributed by atoms with van der Waals surface area (Å²) in [6, 6.07) is 27.5. The van der Waals surface area contributed by atoms with Crippen molar-refractivity contribution < 1.29 is 14.4 Å². The highest BCUT2D eigenvalue weighted by Gasteiger charge is 2.30. The van der Waals surface area contributed by atoms with Crippen LogP contribution < -0.4 is 16.0 Å². The molecule has 8 nitrogen and oxygen atoms in total. The van der Waals surface area contributed by atoms with Gasteiger partial charge in [-0.25, -0.2) is 0 Å². The van der Waals surface area contributed by atoms with E-state index >= 15 is 0 Å². The van der Waals surface area contributed by atoms with E-state index in [-0.39, 0.29) is 12.2 Å². The maximum Gasteiger partial charge on any atom is 0.243 e. The van der Waals surface area contributed by atoms with E-state index in [1.165, 1.54) is 12.3 Å². The zero-order chi connectivity index (χ0) is 24.5. The van der Waals surface area contributed by atoms with Crippen LogP contribution in [-0.2, 0) is 16.1 Å². The quantitative estimate of drug-likeness (QED) is 0.209. The highest BCUT2D eigenvalue weighted by Crippen LogP contribution is 2.23. The molecule has 1 heterocycles. The van der Waals surface area contributed by atoms with E-state index in [1.807, 2.05) is 48.5 Å². The minimum atomic E-state index is -1.14. The summed E-state index contributed by atoms with van der Waals surface area (Å²) < 4.78 is 0. The molecule has 0 saturated carbocycles. The van der Waals surface area contributed by atoms with Crippen LogP contribution in [0.15, 0.2) is 97.2 Å². The van der Waals surface area contributed by atoms with Crippen LogP contribution >= 0.6 is 0 Å². The third-order valence-corrected chi connectivity index (χ3v) is 5.35. The van der Waals surface area contributed by atoms with Crippen molar-refractivity contribution in [3.8, 4) is 0 Å². The molecule has 1 unspecified atom stereocenters. The standard InChI is InChI=1S/C27H25N5O3/c33-24(31-22-9-5-2-6-10-22)18-29-27(35)25(26(34)23-15-16-30-32-23)20-11-13-21(14-12-20)28-17-19-7-3-1-4-8-19/h1-16,25,28H,17-18H2,(H,29,35)(H,30,32)(H,31,33). The van der Waals surface area contributed by atoms with E-state index in [1.54, 1.807) is 36.4 Å². The lowest BCUT2D eigenvalue weighted by Gasteiger charge is -2.16. The first-order chi connectivity index (χ1) is 17.1. The zero-order valence-corrected chi connectivity index (χ0v) is 18.9. The second-order valence-corrected chi connectivity index (χ2v) is 7.86. The van der Waals surface area contributed by atoms with Crippen molar-refractivity contribution in [1.29, 1.82) is 0 Å². The molecule has 3 aromatic carbocycles. The fourth-order valence-electron chi connectivity index (χ4n) is 3.56. The highest BCUT2D eigenvalue weighted by atomic mass is 16.2. The van der Waals surface area contributed by atoms with Crippen molar-refractivity contribution in [3.05, 3.63) is 114 Å². The summed E-state index contributed by atoms with van der Waals surface area (Å²) in [7, 11) is 0. The second-order valence-electron chi connectivity index (χ2n) is 7.86. The lowest BCUT2D eigenvalue weighted by Crippen LogP contribution is -2.38. The average Bonchev–Trinajstić information content (AvgIpc) is 3.44. The van der Waals surface area contributed by atoms with Gasteiger partial charge in [-0.1, -0.05) is 60.7 Å². The molecule has 4 N–H and O–H groups in total. The molecule has 0 spiro atoms. The summed E-state index contributed by atoms with van der Waals surface area (Å²) in [5.74, 6) is -2.54. The van der Waals surface area contributed by atoms with Crippen LogP contribution in [0.4, 0.5) is 11.4 Å². The Hall–Kier alpha value is -4.72. The molecule has 2 amide bonds. The highest BCUT2D eigenvalue weighted by molar-refractivity contribution is 6.14. The van der Waals surface area contributed by atoms with Gasteiger partial charge in [-0.15, -0.1) is 0 Å². The third-order valence-electron chi connectivity index (χ3n) is 5.35. The number of hydrogen-bond donors (Lipinski definition) is 4. The number of ketones is 1. The predicted molar refractivity (Wildman–Crippen MR) is 134 cm³/mol. The Bertz CT molecular complexity index is 1260. The van der Waals surface area contributed by atoms with Gasteiger partial charge < -0.3 is 16.0 Å². The second kappa shape index (κ2) is 11.4. The molecule has 4 rings (SSSR count). The number of Topliss-reactive ketones (excluding diaryl/α,β-unsaturated/α-hetero) is 1. The van der Waals surface area contributed by atoms with Gasteiger partial charge in [-0.05, 0) is 41.5 Å². The lowest BCUT2D eigenvalue weighted by molar-refractivity contribution is -0.124. The molecular weight excluding hydrogens is 442 g/mol. The van der Waals surface area contributed by atoms with E-state index in [2.05, 4.69) is 26.1 Å². The molecule has 176 valence electrons. The molecule has 0 aliphatic carbocycles. The zero-order valence-electron chi connectivity index (χ0n) is 18.9. The molecule has 0 fully saturated rings. The van der Waals surface area contributed by atoms with Crippen LogP contribution in [-0.4, -0.2) is 34.3 Å². The van der Waals surface area contributed by atoms with Crippen molar-refractivity contribution in [2.75, 3.05) is 17.2 Å². The Labute approximate surface area is 202 Å². The molecule has 0 aliphatic heterocycles. The number of hydrogen-bond acceptors (Lipinski definition) is 5. The first-order valence-electron chi connectivity index (χ1n) is 11.1. The number of anilines is 2. The number of H-pyrrole nitrogens is 1. The maximum atomic E-state index is 13.1. The molecule has 0 bridgehead atoms. The van der Waals surface area contributed by atoms with Crippen LogP contribution in [0.5, 0.6) is 0 Å². The minimum absolute atomic E-state index is 0.213. The molecule has 35 heavy (non-hydrogen) atoms. The first-order valence-corrected chi connectivity index (χ1v) is 11.1. The number of amides is 2. The number of aromatic nitrogens is 2. The van der Waals surface area contributed by atoms with Gasteiger partial charge >= 0.3 is 0 Å². The summed E-state index contributed by atoms with van der Waals surface area (Å²) in [6.45, 7) is 0.380. The smallest absolute Gasteiger partial charge is 0.243 e. The molecular formula is C27H25N5O3. The van der Waals surface area contributed by atoms with Gasteiger partial charge in [-0.3, -0.25) is 19.5 Å². The van der Waals surface area contributed by atoms with E-state index in [0.717, 1.165) is 11.3 Å². The number of para-hydroxylation sites is 1. The maximum absolute atomic E-state index is 13.1. The van der Waals surface area contributed by atoms with Crippen molar-refractivity contribution in [3.63, 3.8) is 0 Å². The monoisotopic (exact) mass is 467 g/mol. The number of rotatable bonds is 10. The number of carbonyl (C=O) groups is 3. The average molecular weight is 468 g/mol. The summed E-state index contributed by atoms with van der Waals surface area (Å²) in [6.07, 6.45) is 1.45. The molecule has 4 aromatic rings. The predicted octanol–water partition coefficient (Wildman–Crippen LogP) is 3.74. The van der Waals surface area contributed by atoms with Gasteiger partial charge in [0.2, 0.25) is 11.8 Å². The Morgan fingerprint density at radius 2 is 1.49 bits per heavy atom. The van der Waals surface area contributed by atoms with Crippen molar-refractivity contribution in [1.82, 2.24) is 15.5 Å². The molecule has 0 saturated heterocycles. The van der Waals surface area contributed by atoms with Crippen LogP contribution in [0.1, 0.15) is 27.5 Å². The number of aromatic amines is 1. The number of carbonyl (C=O) groups excluding carboxylic acids is 3. The van der Waals surface area contributed by atoms with Crippen molar-refractivity contribution in [2.45, 2.75) is 12.5 Å². The number of nitrogens with one attached hydrogen (secondary N) is 4. The summed E-state index contributed by atoms with van der Waals surface area (Å²) >= 11 is 0. The van der Waals surface area contributed by atoms with Crippen LogP contribution in [0.25, 0.3) is 0 Å². The summed E-state index contributed by atoms with van der Waals surface area (Å²) in [5.41, 5.74) is 3.33.